The largest absolute Gasteiger partial charge is 0.355 e. The molecule has 18 heavy (non-hydrogen) atoms. The number of aromatic nitrogens is 2. The zero-order valence-corrected chi connectivity index (χ0v) is 10.2. The van der Waals surface area contributed by atoms with E-state index in [9.17, 15) is 9.59 Å². The van der Waals surface area contributed by atoms with Crippen molar-refractivity contribution in [1.29, 1.82) is 0 Å². The zero-order valence-electron chi connectivity index (χ0n) is 10.2. The molecule has 1 unspecified atom stereocenters. The second-order valence-electron chi connectivity index (χ2n) is 3.52. The Morgan fingerprint density at radius 1 is 1.39 bits per heavy atom. The summed E-state index contributed by atoms with van der Waals surface area (Å²) in [6.07, 6.45) is 2.60. The fourth-order valence-corrected chi connectivity index (χ4v) is 1.18. The molecule has 1 aromatic rings. The molecule has 1 atom stereocenters. The molecule has 0 aliphatic carbocycles. The summed E-state index contributed by atoms with van der Waals surface area (Å²) in [5.41, 5.74) is 2.42. The van der Waals surface area contributed by atoms with E-state index >= 15 is 0 Å². The highest BCUT2D eigenvalue weighted by Gasteiger charge is 2.16. The van der Waals surface area contributed by atoms with Crippen LogP contribution in [0.3, 0.4) is 0 Å². The second-order valence-corrected chi connectivity index (χ2v) is 3.52. The summed E-state index contributed by atoms with van der Waals surface area (Å²) in [5, 5.41) is 5.12. The molecule has 0 spiro atoms. The first-order valence-corrected chi connectivity index (χ1v) is 5.45. The number of likely N-dealkylation sites (N-methyl/N-ethyl adjacent to an activating group) is 1. The molecule has 8 heteroatoms. The summed E-state index contributed by atoms with van der Waals surface area (Å²) in [7, 11) is 0. The summed E-state index contributed by atoms with van der Waals surface area (Å²) in [4.78, 5) is 30.8. The summed E-state index contributed by atoms with van der Waals surface area (Å²) in [5.74, 6) is 4.76. The van der Waals surface area contributed by atoms with Crippen molar-refractivity contribution in [3.8, 4) is 0 Å². The molecule has 5 N–H and O–H groups in total. The minimum Gasteiger partial charge on any atom is -0.355 e. The van der Waals surface area contributed by atoms with Crippen molar-refractivity contribution in [1.82, 2.24) is 20.6 Å². The van der Waals surface area contributed by atoms with Gasteiger partial charge in [0.05, 0.1) is 12.4 Å². The highest BCUT2D eigenvalue weighted by atomic mass is 16.2. The van der Waals surface area contributed by atoms with Gasteiger partial charge in [0.25, 0.3) is 5.91 Å². The van der Waals surface area contributed by atoms with Crippen LogP contribution in [0.4, 0.5) is 5.82 Å². The number of anilines is 1. The van der Waals surface area contributed by atoms with Crippen LogP contribution in [0.1, 0.15) is 24.3 Å². The van der Waals surface area contributed by atoms with E-state index in [2.05, 4.69) is 26.0 Å². The van der Waals surface area contributed by atoms with Crippen LogP contribution in [0.15, 0.2) is 12.4 Å². The summed E-state index contributed by atoms with van der Waals surface area (Å²) in [6, 6.07) is -0.633. The van der Waals surface area contributed by atoms with Crippen LogP contribution in [-0.2, 0) is 4.79 Å². The third kappa shape index (κ3) is 3.67. The maximum Gasteiger partial charge on any atom is 0.272 e. The van der Waals surface area contributed by atoms with E-state index in [0.717, 1.165) is 0 Å². The Kier molecular flexibility index (Phi) is 5.00. The van der Waals surface area contributed by atoms with E-state index in [1.807, 2.05) is 0 Å². The van der Waals surface area contributed by atoms with E-state index in [-0.39, 0.29) is 11.6 Å². The second kappa shape index (κ2) is 6.50. The molecule has 0 aromatic carbocycles. The average molecular weight is 252 g/mol. The van der Waals surface area contributed by atoms with Crippen molar-refractivity contribution in [2.75, 3.05) is 12.0 Å². The predicted octanol–water partition coefficient (Wildman–Crippen LogP) is -0.983. The number of hydrogen-bond acceptors (Lipinski definition) is 6. The van der Waals surface area contributed by atoms with Crippen molar-refractivity contribution < 1.29 is 9.59 Å². The highest BCUT2D eigenvalue weighted by molar-refractivity contribution is 5.95. The standard InChI is InChI=1S/C10H16N6O2/c1-3-12-9(17)6(2)15-10(18)7-4-14-8(16-11)5-13-7/h4-6H,3,11H2,1-2H3,(H,12,17)(H,14,16)(H,15,18). The third-order valence-electron chi connectivity index (χ3n) is 2.12. The molecule has 98 valence electrons. The normalized spacial score (nSPS) is 11.5. The monoisotopic (exact) mass is 252 g/mol. The number of amides is 2. The van der Waals surface area contributed by atoms with Gasteiger partial charge in [-0.25, -0.2) is 15.8 Å². The van der Waals surface area contributed by atoms with E-state index in [1.54, 1.807) is 13.8 Å². The predicted molar refractivity (Wildman–Crippen MR) is 65.5 cm³/mol. The smallest absolute Gasteiger partial charge is 0.272 e. The van der Waals surface area contributed by atoms with Gasteiger partial charge in [0.15, 0.2) is 5.82 Å². The van der Waals surface area contributed by atoms with Crippen LogP contribution in [-0.4, -0.2) is 34.4 Å². The minimum atomic E-state index is -0.633. The van der Waals surface area contributed by atoms with Gasteiger partial charge >= 0.3 is 0 Å². The van der Waals surface area contributed by atoms with Crippen LogP contribution in [0, 0.1) is 0 Å². The molecule has 1 rings (SSSR count). The molecule has 1 aromatic heterocycles. The van der Waals surface area contributed by atoms with Gasteiger partial charge in [0, 0.05) is 6.54 Å². The fourth-order valence-electron chi connectivity index (χ4n) is 1.18. The van der Waals surface area contributed by atoms with E-state index in [0.29, 0.717) is 12.4 Å². The lowest BCUT2D eigenvalue weighted by molar-refractivity contribution is -0.122. The Morgan fingerprint density at radius 2 is 2.11 bits per heavy atom. The van der Waals surface area contributed by atoms with Gasteiger partial charge in [0.1, 0.15) is 11.7 Å². The number of nitrogens with zero attached hydrogens (tertiary/aromatic N) is 2. The number of nitrogen functional groups attached to an aromatic ring is 1. The van der Waals surface area contributed by atoms with E-state index in [1.165, 1.54) is 12.4 Å². The van der Waals surface area contributed by atoms with Gasteiger partial charge in [0.2, 0.25) is 5.91 Å². The fraction of sp³-hybridized carbons (Fsp3) is 0.400. The molecule has 0 aliphatic rings. The zero-order chi connectivity index (χ0) is 13.5. The van der Waals surface area contributed by atoms with Crippen molar-refractivity contribution >= 4 is 17.6 Å². The first-order chi connectivity index (χ1) is 8.58. The average Bonchev–Trinajstić information content (AvgIpc) is 2.39. The molecule has 0 radical (unpaired) electrons. The van der Waals surface area contributed by atoms with E-state index in [4.69, 9.17) is 5.84 Å². The number of hydrogen-bond donors (Lipinski definition) is 4. The number of hydrazine groups is 1. The number of nitrogens with two attached hydrogens (primary N) is 1. The lowest BCUT2D eigenvalue weighted by atomic mass is 10.3. The third-order valence-corrected chi connectivity index (χ3v) is 2.12. The van der Waals surface area contributed by atoms with E-state index < -0.39 is 11.9 Å². The number of carbonyl (C=O) groups is 2. The number of nitrogens with one attached hydrogen (secondary N) is 3. The lowest BCUT2D eigenvalue weighted by Gasteiger charge is -2.12. The molecule has 0 bridgehead atoms. The summed E-state index contributed by atoms with van der Waals surface area (Å²) >= 11 is 0. The maximum absolute atomic E-state index is 11.7. The SMILES string of the molecule is CCNC(=O)C(C)NC(=O)c1cnc(NN)cn1. The summed E-state index contributed by atoms with van der Waals surface area (Å²) in [6.45, 7) is 3.90. The number of carbonyl (C=O) groups excluding carboxylic acids is 2. The van der Waals surface area contributed by atoms with Gasteiger partial charge < -0.3 is 16.1 Å². The van der Waals surface area contributed by atoms with Crippen LogP contribution in [0.2, 0.25) is 0 Å². The van der Waals surface area contributed by atoms with Gasteiger partial charge in [-0.15, -0.1) is 0 Å². The Morgan fingerprint density at radius 3 is 2.61 bits per heavy atom. The molecule has 0 saturated carbocycles. The van der Waals surface area contributed by atoms with Crippen molar-refractivity contribution in [2.24, 2.45) is 5.84 Å². The molecule has 0 aliphatic heterocycles. The Bertz CT molecular complexity index is 419. The molecule has 8 nitrogen and oxygen atoms in total. The molecule has 2 amide bonds. The first-order valence-electron chi connectivity index (χ1n) is 5.45. The Labute approximate surface area is 104 Å². The lowest BCUT2D eigenvalue weighted by Crippen LogP contribution is -2.44. The van der Waals surface area contributed by atoms with Crippen molar-refractivity contribution in [3.05, 3.63) is 18.1 Å². The highest BCUT2D eigenvalue weighted by Crippen LogP contribution is 1.99. The molecular weight excluding hydrogens is 236 g/mol. The van der Waals surface area contributed by atoms with Crippen LogP contribution in [0.5, 0.6) is 0 Å². The quantitative estimate of drug-likeness (QED) is 0.394. The number of rotatable bonds is 5. The summed E-state index contributed by atoms with van der Waals surface area (Å²) < 4.78 is 0. The maximum atomic E-state index is 11.7. The van der Waals surface area contributed by atoms with Gasteiger partial charge in [-0.3, -0.25) is 9.59 Å². The van der Waals surface area contributed by atoms with Gasteiger partial charge in [-0.05, 0) is 13.8 Å². The van der Waals surface area contributed by atoms with Crippen molar-refractivity contribution in [3.63, 3.8) is 0 Å². The molecule has 1 heterocycles. The van der Waals surface area contributed by atoms with Crippen LogP contribution < -0.4 is 21.9 Å². The minimum absolute atomic E-state index is 0.116. The Hall–Kier alpha value is -2.22. The topological polar surface area (TPSA) is 122 Å². The van der Waals surface area contributed by atoms with Crippen LogP contribution >= 0.6 is 0 Å². The van der Waals surface area contributed by atoms with Gasteiger partial charge in [-0.1, -0.05) is 0 Å². The van der Waals surface area contributed by atoms with Crippen LogP contribution in [0.25, 0.3) is 0 Å². The van der Waals surface area contributed by atoms with Crippen molar-refractivity contribution in [2.45, 2.75) is 19.9 Å². The van der Waals surface area contributed by atoms with Gasteiger partial charge in [-0.2, -0.15) is 0 Å². The molecule has 0 fully saturated rings. The molecular formula is C10H16N6O2. The first kappa shape index (κ1) is 13.8. The molecule has 0 saturated heterocycles. The Balaban J connectivity index is 2.61.